The standard InChI is InChI=1S/C15H17NO4S/c1-10(17)20-8-14(18)16-9-15(2,19)13-7-11-5-3-4-6-12(11)21-13/h3-7,19H,8-9H2,1-2H3,(H,16,18). The molecule has 2 N–H and O–H groups in total. The number of ether oxygens (including phenoxy) is 1. The summed E-state index contributed by atoms with van der Waals surface area (Å²) in [5.74, 6) is -0.951. The van der Waals surface area contributed by atoms with Gasteiger partial charge in [0.05, 0.1) is 6.54 Å². The van der Waals surface area contributed by atoms with Gasteiger partial charge in [0.15, 0.2) is 6.61 Å². The Labute approximate surface area is 126 Å². The second-order valence-electron chi connectivity index (χ2n) is 4.98. The zero-order valence-electron chi connectivity index (χ0n) is 11.9. The fraction of sp³-hybridized carbons (Fsp3) is 0.333. The number of fused-ring (bicyclic) bond motifs is 1. The molecule has 2 rings (SSSR count). The van der Waals surface area contributed by atoms with Gasteiger partial charge < -0.3 is 15.2 Å². The van der Waals surface area contributed by atoms with E-state index in [1.54, 1.807) is 6.92 Å². The van der Waals surface area contributed by atoms with Crippen LogP contribution in [0.15, 0.2) is 30.3 Å². The molecule has 2 aromatic rings. The van der Waals surface area contributed by atoms with E-state index >= 15 is 0 Å². The Morgan fingerprint density at radius 2 is 2.10 bits per heavy atom. The van der Waals surface area contributed by atoms with E-state index in [1.807, 2.05) is 30.3 Å². The first kappa shape index (κ1) is 15.5. The maximum atomic E-state index is 11.5. The molecule has 0 saturated carbocycles. The van der Waals surface area contributed by atoms with E-state index in [0.29, 0.717) is 0 Å². The van der Waals surface area contributed by atoms with E-state index < -0.39 is 17.5 Å². The molecule has 1 aromatic carbocycles. The van der Waals surface area contributed by atoms with Crippen molar-refractivity contribution in [2.24, 2.45) is 0 Å². The van der Waals surface area contributed by atoms with Gasteiger partial charge in [-0.25, -0.2) is 0 Å². The first-order valence-corrected chi connectivity index (χ1v) is 7.31. The Balaban J connectivity index is 2.00. The number of benzene rings is 1. The van der Waals surface area contributed by atoms with Crippen molar-refractivity contribution in [2.75, 3.05) is 13.2 Å². The van der Waals surface area contributed by atoms with Crippen LogP contribution in [0.2, 0.25) is 0 Å². The second-order valence-corrected chi connectivity index (χ2v) is 6.06. The molecular formula is C15H17NO4S. The number of nitrogens with one attached hydrogen (secondary N) is 1. The molecule has 0 bridgehead atoms. The molecule has 21 heavy (non-hydrogen) atoms. The van der Waals surface area contributed by atoms with Crippen LogP contribution in [0.25, 0.3) is 10.1 Å². The molecule has 0 saturated heterocycles. The number of amides is 1. The maximum absolute atomic E-state index is 11.5. The zero-order chi connectivity index (χ0) is 15.5. The number of aliphatic hydroxyl groups is 1. The number of rotatable bonds is 5. The largest absolute Gasteiger partial charge is 0.456 e. The van der Waals surface area contributed by atoms with Crippen LogP contribution in [0.3, 0.4) is 0 Å². The summed E-state index contributed by atoms with van der Waals surface area (Å²) >= 11 is 1.49. The summed E-state index contributed by atoms with van der Waals surface area (Å²) in [5.41, 5.74) is -1.17. The van der Waals surface area contributed by atoms with Gasteiger partial charge in [0, 0.05) is 16.5 Å². The summed E-state index contributed by atoms with van der Waals surface area (Å²) < 4.78 is 5.68. The third-order valence-electron chi connectivity index (χ3n) is 2.99. The van der Waals surface area contributed by atoms with Crippen molar-refractivity contribution in [2.45, 2.75) is 19.4 Å². The lowest BCUT2D eigenvalue weighted by molar-refractivity contribution is -0.146. The molecule has 0 radical (unpaired) electrons. The summed E-state index contributed by atoms with van der Waals surface area (Å²) in [4.78, 5) is 22.9. The van der Waals surface area contributed by atoms with Gasteiger partial charge in [0.2, 0.25) is 0 Å². The average Bonchev–Trinajstić information content (AvgIpc) is 2.87. The predicted octanol–water partition coefficient (Wildman–Crippen LogP) is 1.79. The van der Waals surface area contributed by atoms with Crippen molar-refractivity contribution in [3.05, 3.63) is 35.2 Å². The molecule has 1 heterocycles. The quantitative estimate of drug-likeness (QED) is 0.826. The topological polar surface area (TPSA) is 75.6 Å². The lowest BCUT2D eigenvalue weighted by Crippen LogP contribution is -2.39. The molecular weight excluding hydrogens is 290 g/mol. The number of esters is 1. The molecule has 0 fully saturated rings. The van der Waals surface area contributed by atoms with Gasteiger partial charge in [-0.2, -0.15) is 0 Å². The molecule has 0 aliphatic heterocycles. The van der Waals surface area contributed by atoms with E-state index in [2.05, 4.69) is 10.1 Å². The van der Waals surface area contributed by atoms with Crippen LogP contribution >= 0.6 is 11.3 Å². The fourth-order valence-electron chi connectivity index (χ4n) is 1.82. The molecule has 0 aliphatic carbocycles. The van der Waals surface area contributed by atoms with Crippen LogP contribution < -0.4 is 5.32 Å². The van der Waals surface area contributed by atoms with E-state index in [9.17, 15) is 14.7 Å². The van der Waals surface area contributed by atoms with Gasteiger partial charge in [-0.05, 0) is 24.4 Å². The summed E-state index contributed by atoms with van der Waals surface area (Å²) in [6, 6.07) is 9.76. The zero-order valence-corrected chi connectivity index (χ0v) is 12.7. The minimum atomic E-state index is -1.17. The fourth-order valence-corrected chi connectivity index (χ4v) is 2.93. The van der Waals surface area contributed by atoms with Gasteiger partial charge in [0.1, 0.15) is 5.60 Å². The molecule has 0 aliphatic rings. The molecule has 112 valence electrons. The highest BCUT2D eigenvalue weighted by Gasteiger charge is 2.26. The number of hydrogen-bond acceptors (Lipinski definition) is 5. The van der Waals surface area contributed by atoms with Gasteiger partial charge in [0.25, 0.3) is 5.91 Å². The third-order valence-corrected chi connectivity index (χ3v) is 4.36. The number of carbonyl (C=O) groups excluding carboxylic acids is 2. The van der Waals surface area contributed by atoms with Gasteiger partial charge >= 0.3 is 5.97 Å². The number of hydrogen-bond donors (Lipinski definition) is 2. The third kappa shape index (κ3) is 4.03. The van der Waals surface area contributed by atoms with Crippen LogP contribution in [0, 0.1) is 0 Å². The van der Waals surface area contributed by atoms with Gasteiger partial charge in [-0.15, -0.1) is 11.3 Å². The molecule has 1 unspecified atom stereocenters. The predicted molar refractivity (Wildman–Crippen MR) is 81.0 cm³/mol. The highest BCUT2D eigenvalue weighted by atomic mass is 32.1. The molecule has 1 aromatic heterocycles. The highest BCUT2D eigenvalue weighted by Crippen LogP contribution is 2.32. The van der Waals surface area contributed by atoms with Crippen molar-refractivity contribution in [3.8, 4) is 0 Å². The summed E-state index contributed by atoms with van der Waals surface area (Å²) in [6.45, 7) is 2.60. The first-order chi connectivity index (χ1) is 9.88. The Morgan fingerprint density at radius 3 is 2.76 bits per heavy atom. The SMILES string of the molecule is CC(=O)OCC(=O)NCC(C)(O)c1cc2ccccc2s1. The highest BCUT2D eigenvalue weighted by molar-refractivity contribution is 7.19. The maximum Gasteiger partial charge on any atom is 0.303 e. The van der Waals surface area contributed by atoms with Crippen LogP contribution in [0.5, 0.6) is 0 Å². The Kier molecular flexibility index (Phi) is 4.59. The van der Waals surface area contributed by atoms with Crippen molar-refractivity contribution >= 4 is 33.3 Å². The molecule has 6 heteroatoms. The lowest BCUT2D eigenvalue weighted by Gasteiger charge is -2.22. The molecule has 5 nitrogen and oxygen atoms in total. The summed E-state index contributed by atoms with van der Waals surface area (Å²) in [6.07, 6.45) is 0. The number of carbonyl (C=O) groups is 2. The van der Waals surface area contributed by atoms with Crippen LogP contribution in [-0.4, -0.2) is 30.1 Å². The minimum Gasteiger partial charge on any atom is -0.456 e. The van der Waals surface area contributed by atoms with E-state index in [0.717, 1.165) is 15.0 Å². The monoisotopic (exact) mass is 307 g/mol. The first-order valence-electron chi connectivity index (χ1n) is 6.50. The van der Waals surface area contributed by atoms with Gasteiger partial charge in [-0.3, -0.25) is 9.59 Å². The van der Waals surface area contributed by atoms with Crippen molar-refractivity contribution < 1.29 is 19.4 Å². The van der Waals surface area contributed by atoms with Crippen LogP contribution in [-0.2, 0) is 19.9 Å². The Bertz CT molecular complexity index is 629. The summed E-state index contributed by atoms with van der Waals surface area (Å²) in [7, 11) is 0. The Hall–Kier alpha value is -1.92. The van der Waals surface area contributed by atoms with Gasteiger partial charge in [-0.1, -0.05) is 18.2 Å². The van der Waals surface area contributed by atoms with E-state index in [4.69, 9.17) is 0 Å². The normalized spacial score (nSPS) is 13.7. The van der Waals surface area contributed by atoms with E-state index in [1.165, 1.54) is 18.3 Å². The van der Waals surface area contributed by atoms with Crippen molar-refractivity contribution in [1.29, 1.82) is 0 Å². The van der Waals surface area contributed by atoms with Crippen LogP contribution in [0.4, 0.5) is 0 Å². The smallest absolute Gasteiger partial charge is 0.303 e. The van der Waals surface area contributed by atoms with E-state index in [-0.39, 0.29) is 13.2 Å². The average molecular weight is 307 g/mol. The van der Waals surface area contributed by atoms with Crippen molar-refractivity contribution in [3.63, 3.8) is 0 Å². The van der Waals surface area contributed by atoms with Crippen LogP contribution in [0.1, 0.15) is 18.7 Å². The minimum absolute atomic E-state index is 0.0555. The second kappa shape index (κ2) is 6.24. The number of thiophene rings is 1. The Morgan fingerprint density at radius 1 is 1.38 bits per heavy atom. The summed E-state index contributed by atoms with van der Waals surface area (Å²) in [5, 5.41) is 14.1. The molecule has 0 spiro atoms. The molecule has 1 amide bonds. The van der Waals surface area contributed by atoms with Crippen molar-refractivity contribution in [1.82, 2.24) is 5.32 Å². The lowest BCUT2D eigenvalue weighted by atomic mass is 10.0. The molecule has 1 atom stereocenters.